The number of nitriles is 1. The van der Waals surface area contributed by atoms with E-state index in [0.29, 0.717) is 36.7 Å². The second-order valence-corrected chi connectivity index (χ2v) is 12.4. The zero-order valence-electron chi connectivity index (χ0n) is 20.6. The molecule has 36 heavy (non-hydrogen) atoms. The van der Waals surface area contributed by atoms with Gasteiger partial charge < -0.3 is 16.0 Å². The highest BCUT2D eigenvalue weighted by molar-refractivity contribution is 7.89. The average Bonchev–Trinajstić information content (AvgIpc) is 3.82. The van der Waals surface area contributed by atoms with Crippen molar-refractivity contribution in [3.8, 4) is 17.2 Å². The second kappa shape index (κ2) is 9.60. The van der Waals surface area contributed by atoms with E-state index in [4.69, 9.17) is 5.73 Å². The van der Waals surface area contributed by atoms with Crippen LogP contribution in [-0.2, 0) is 14.8 Å². The molecule has 8 nitrogen and oxygen atoms in total. The lowest BCUT2D eigenvalue weighted by atomic mass is 10.0. The Kier molecular flexibility index (Phi) is 6.64. The van der Waals surface area contributed by atoms with Gasteiger partial charge >= 0.3 is 0 Å². The molecule has 1 aliphatic heterocycles. The molecule has 1 saturated heterocycles. The number of amides is 1. The Morgan fingerprint density at radius 3 is 2.22 bits per heavy atom. The van der Waals surface area contributed by atoms with Crippen molar-refractivity contribution in [3.05, 3.63) is 54.1 Å². The van der Waals surface area contributed by atoms with Crippen LogP contribution in [0.25, 0.3) is 11.1 Å². The number of hydrogen-bond donors (Lipinski definition) is 2. The molecular formula is C27H33N5O3S. The zero-order valence-corrected chi connectivity index (χ0v) is 21.4. The largest absolute Gasteiger partial charge is 0.336 e. The van der Waals surface area contributed by atoms with Crippen LogP contribution in [0.3, 0.4) is 0 Å². The summed E-state index contributed by atoms with van der Waals surface area (Å²) in [4.78, 5) is 14.9. The zero-order chi connectivity index (χ0) is 25.5. The first-order valence-corrected chi connectivity index (χ1v) is 14.0. The van der Waals surface area contributed by atoms with Crippen molar-refractivity contribution in [2.24, 2.45) is 11.7 Å². The lowest BCUT2D eigenvalue weighted by molar-refractivity contribution is -0.123. The van der Waals surface area contributed by atoms with Gasteiger partial charge in [-0.15, -0.1) is 0 Å². The van der Waals surface area contributed by atoms with E-state index in [0.717, 1.165) is 42.6 Å². The first kappa shape index (κ1) is 24.9. The van der Waals surface area contributed by atoms with Crippen LogP contribution in [-0.4, -0.2) is 68.3 Å². The van der Waals surface area contributed by atoms with Crippen molar-refractivity contribution in [1.29, 1.82) is 5.26 Å². The van der Waals surface area contributed by atoms with Gasteiger partial charge in [0, 0.05) is 32.1 Å². The Morgan fingerprint density at radius 2 is 1.67 bits per heavy atom. The third-order valence-corrected chi connectivity index (χ3v) is 9.64. The molecule has 2 aliphatic carbocycles. The molecule has 3 aliphatic rings. The molecule has 3 atom stereocenters. The van der Waals surface area contributed by atoms with Gasteiger partial charge in [-0.05, 0) is 54.6 Å². The highest BCUT2D eigenvalue weighted by atomic mass is 32.2. The number of hydrogen-bond acceptors (Lipinski definition) is 6. The highest BCUT2D eigenvalue weighted by Crippen LogP contribution is 2.51. The molecule has 3 fully saturated rings. The molecule has 0 spiro atoms. The predicted octanol–water partition coefficient (Wildman–Crippen LogP) is 2.28. The highest BCUT2D eigenvalue weighted by Gasteiger charge is 2.57. The topological polar surface area (TPSA) is 120 Å². The normalized spacial score (nSPS) is 25.6. The number of sulfonamides is 1. The third kappa shape index (κ3) is 5.04. The Morgan fingerprint density at radius 1 is 1.08 bits per heavy atom. The number of benzene rings is 2. The van der Waals surface area contributed by atoms with Crippen molar-refractivity contribution < 1.29 is 13.2 Å². The summed E-state index contributed by atoms with van der Waals surface area (Å²) in [5.41, 5.74) is 8.02. The fraction of sp³-hybridized carbons (Fsp3) is 0.481. The molecule has 2 aromatic carbocycles. The summed E-state index contributed by atoms with van der Waals surface area (Å²) in [6.45, 7) is 2.46. The monoisotopic (exact) mass is 507 g/mol. The van der Waals surface area contributed by atoms with Crippen LogP contribution in [0.5, 0.6) is 0 Å². The number of nitrogens with two attached hydrogens (primary N) is 1. The number of nitrogens with one attached hydrogen (secondary N) is 1. The van der Waals surface area contributed by atoms with Crippen LogP contribution < -0.4 is 11.1 Å². The fourth-order valence-corrected chi connectivity index (χ4v) is 6.41. The standard InChI is InChI=1S/C27H33N5O3S/c1-31-12-14-32(15-13-31)36(34,35)23-10-8-21(9-11-23)20-4-6-22(7-5-20)24-17-27(24,18-28)30-26(33)25(29)16-19-2-3-19/h4-11,19,24-25H,2-3,12-17,29H2,1H3,(H,30,33)/t24-,25+,27+/m1/s1. The van der Waals surface area contributed by atoms with Gasteiger partial charge in [0.05, 0.1) is 17.0 Å². The van der Waals surface area contributed by atoms with E-state index >= 15 is 0 Å². The summed E-state index contributed by atoms with van der Waals surface area (Å²) in [6.07, 6.45) is 3.52. The Balaban J connectivity index is 1.23. The first-order valence-electron chi connectivity index (χ1n) is 12.6. The number of nitrogens with zero attached hydrogens (tertiary/aromatic N) is 3. The van der Waals surface area contributed by atoms with E-state index in [1.165, 1.54) is 0 Å². The van der Waals surface area contributed by atoms with Crippen LogP contribution in [0.1, 0.15) is 37.2 Å². The van der Waals surface area contributed by atoms with Crippen molar-refractivity contribution in [2.75, 3.05) is 33.2 Å². The summed E-state index contributed by atoms with van der Waals surface area (Å²) < 4.78 is 27.5. The number of carbonyl (C=O) groups is 1. The number of likely N-dealkylation sites (N-methyl/N-ethyl adjacent to an activating group) is 1. The third-order valence-electron chi connectivity index (χ3n) is 7.73. The molecule has 9 heteroatoms. The van der Waals surface area contributed by atoms with E-state index < -0.39 is 21.6 Å². The minimum atomic E-state index is -3.50. The molecule has 0 unspecified atom stereocenters. The molecule has 190 valence electrons. The lowest BCUT2D eigenvalue weighted by Gasteiger charge is -2.31. The van der Waals surface area contributed by atoms with Crippen molar-refractivity contribution in [1.82, 2.24) is 14.5 Å². The Hall–Kier alpha value is -2.77. The van der Waals surface area contributed by atoms with Crippen LogP contribution in [0.2, 0.25) is 0 Å². The van der Waals surface area contributed by atoms with Gasteiger partial charge in [-0.25, -0.2) is 8.42 Å². The van der Waals surface area contributed by atoms with Crippen molar-refractivity contribution in [2.45, 2.75) is 48.1 Å². The SMILES string of the molecule is CN1CCN(S(=O)(=O)c2ccc(-c3ccc([C@H]4C[C@@]4(C#N)NC(=O)[C@@H](N)CC4CC4)cc3)cc2)CC1. The molecule has 1 amide bonds. The van der Waals surface area contributed by atoms with Crippen LogP contribution in [0.4, 0.5) is 0 Å². The predicted molar refractivity (Wildman–Crippen MR) is 137 cm³/mol. The summed E-state index contributed by atoms with van der Waals surface area (Å²) in [5.74, 6) is 0.242. The number of rotatable bonds is 8. The van der Waals surface area contributed by atoms with E-state index in [-0.39, 0.29) is 11.8 Å². The number of carbonyl (C=O) groups excluding carboxylic acids is 1. The average molecular weight is 508 g/mol. The quantitative estimate of drug-likeness (QED) is 0.566. The second-order valence-electron chi connectivity index (χ2n) is 10.5. The van der Waals surface area contributed by atoms with Gasteiger partial charge in [0.2, 0.25) is 15.9 Å². The first-order chi connectivity index (χ1) is 17.2. The molecule has 2 saturated carbocycles. The van der Waals surface area contributed by atoms with Gasteiger partial charge in [0.15, 0.2) is 0 Å². The fourth-order valence-electron chi connectivity index (χ4n) is 4.99. The van der Waals surface area contributed by atoms with E-state index in [2.05, 4.69) is 16.3 Å². The lowest BCUT2D eigenvalue weighted by Crippen LogP contribution is -2.47. The smallest absolute Gasteiger partial charge is 0.243 e. The minimum absolute atomic E-state index is 0.0651. The van der Waals surface area contributed by atoms with Crippen LogP contribution >= 0.6 is 0 Å². The Bertz CT molecular complexity index is 1260. The van der Waals surface area contributed by atoms with Gasteiger partial charge in [-0.2, -0.15) is 9.57 Å². The van der Waals surface area contributed by atoms with E-state index in [1.807, 2.05) is 43.4 Å². The molecule has 0 radical (unpaired) electrons. The maximum atomic E-state index is 13.0. The van der Waals surface area contributed by atoms with Gasteiger partial charge in [-0.1, -0.05) is 49.2 Å². The van der Waals surface area contributed by atoms with E-state index in [1.54, 1.807) is 16.4 Å². The number of piperazine rings is 1. The summed E-state index contributed by atoms with van der Waals surface area (Å²) in [6, 6.07) is 16.6. The minimum Gasteiger partial charge on any atom is -0.336 e. The van der Waals surface area contributed by atoms with Gasteiger partial charge in [0.1, 0.15) is 5.54 Å². The molecule has 1 heterocycles. The van der Waals surface area contributed by atoms with Gasteiger partial charge in [0.25, 0.3) is 0 Å². The van der Waals surface area contributed by atoms with E-state index in [9.17, 15) is 18.5 Å². The van der Waals surface area contributed by atoms with Crippen LogP contribution in [0, 0.1) is 17.2 Å². The van der Waals surface area contributed by atoms with Gasteiger partial charge in [-0.3, -0.25) is 4.79 Å². The maximum Gasteiger partial charge on any atom is 0.243 e. The Labute approximate surface area is 213 Å². The van der Waals surface area contributed by atoms with Crippen molar-refractivity contribution >= 4 is 15.9 Å². The molecule has 5 rings (SSSR count). The summed E-state index contributed by atoms with van der Waals surface area (Å²) in [5, 5.41) is 12.7. The summed E-state index contributed by atoms with van der Waals surface area (Å²) >= 11 is 0. The summed E-state index contributed by atoms with van der Waals surface area (Å²) in [7, 11) is -1.50. The molecule has 0 aromatic heterocycles. The van der Waals surface area contributed by atoms with Crippen LogP contribution in [0.15, 0.2) is 53.4 Å². The molecule has 2 aromatic rings. The van der Waals surface area contributed by atoms with Crippen molar-refractivity contribution in [3.63, 3.8) is 0 Å². The molecule has 3 N–H and O–H groups in total. The maximum absolute atomic E-state index is 13.0. The molecule has 0 bridgehead atoms. The molecular weight excluding hydrogens is 474 g/mol.